The van der Waals surface area contributed by atoms with Crippen molar-refractivity contribution in [3.63, 3.8) is 0 Å². The van der Waals surface area contributed by atoms with Crippen LogP contribution < -0.4 is 4.74 Å². The van der Waals surface area contributed by atoms with E-state index in [9.17, 15) is 14.4 Å². The standard InChI is InChI=1S/C22H22N2O7/c1-14-16-12-15(28-2)5-6-17(16)31-20(14)22(27)30-13-19(25)23-7-9-24(10-8-23)21(26)18-4-3-11-29-18/h3-6,11-12H,7-10,13H2,1-2H3. The van der Waals surface area contributed by atoms with Crippen LogP contribution in [0.15, 0.2) is 45.4 Å². The average molecular weight is 426 g/mol. The van der Waals surface area contributed by atoms with E-state index in [1.807, 2.05) is 0 Å². The molecule has 1 saturated heterocycles. The maximum absolute atomic E-state index is 12.5. The van der Waals surface area contributed by atoms with Gasteiger partial charge in [-0.3, -0.25) is 9.59 Å². The number of esters is 1. The molecule has 9 nitrogen and oxygen atoms in total. The summed E-state index contributed by atoms with van der Waals surface area (Å²) in [6, 6.07) is 8.49. The van der Waals surface area contributed by atoms with Gasteiger partial charge in [0.25, 0.3) is 11.8 Å². The zero-order valence-corrected chi connectivity index (χ0v) is 17.3. The Kier molecular flexibility index (Phi) is 5.66. The number of amides is 2. The predicted octanol–water partition coefficient (Wildman–Crippen LogP) is 2.48. The van der Waals surface area contributed by atoms with E-state index in [4.69, 9.17) is 18.3 Å². The van der Waals surface area contributed by atoms with E-state index < -0.39 is 12.6 Å². The second-order valence-corrected chi connectivity index (χ2v) is 7.14. The first-order valence-corrected chi connectivity index (χ1v) is 9.82. The lowest BCUT2D eigenvalue weighted by molar-refractivity contribution is -0.136. The molecule has 0 unspecified atom stereocenters. The molecule has 0 bridgehead atoms. The Balaban J connectivity index is 1.32. The fraction of sp³-hybridized carbons (Fsp3) is 0.318. The van der Waals surface area contributed by atoms with Gasteiger partial charge in [0.2, 0.25) is 5.76 Å². The molecule has 31 heavy (non-hydrogen) atoms. The summed E-state index contributed by atoms with van der Waals surface area (Å²) in [5.41, 5.74) is 1.16. The monoisotopic (exact) mass is 426 g/mol. The molecule has 162 valence electrons. The molecule has 0 atom stereocenters. The van der Waals surface area contributed by atoms with Crippen molar-refractivity contribution < 1.29 is 32.7 Å². The number of nitrogens with zero attached hydrogens (tertiary/aromatic N) is 2. The Morgan fingerprint density at radius 1 is 1.06 bits per heavy atom. The van der Waals surface area contributed by atoms with Crippen molar-refractivity contribution in [3.8, 4) is 5.75 Å². The third-order valence-corrected chi connectivity index (χ3v) is 5.31. The molecule has 2 amide bonds. The summed E-state index contributed by atoms with van der Waals surface area (Å²) in [5.74, 6) is -0.254. The van der Waals surface area contributed by atoms with Crippen LogP contribution in [0.1, 0.15) is 26.7 Å². The van der Waals surface area contributed by atoms with Gasteiger partial charge >= 0.3 is 5.97 Å². The number of aryl methyl sites for hydroxylation is 1. The van der Waals surface area contributed by atoms with Crippen LogP contribution in [0.3, 0.4) is 0 Å². The highest BCUT2D eigenvalue weighted by molar-refractivity contribution is 5.97. The van der Waals surface area contributed by atoms with Crippen LogP contribution >= 0.6 is 0 Å². The highest BCUT2D eigenvalue weighted by Crippen LogP contribution is 2.29. The molecule has 0 N–H and O–H groups in total. The number of methoxy groups -OCH3 is 1. The number of carbonyl (C=O) groups excluding carboxylic acids is 3. The van der Waals surface area contributed by atoms with Gasteiger partial charge in [-0.25, -0.2) is 4.79 Å². The zero-order chi connectivity index (χ0) is 22.0. The van der Waals surface area contributed by atoms with E-state index in [0.717, 1.165) is 5.39 Å². The molecule has 0 spiro atoms. The molecule has 0 aliphatic carbocycles. The van der Waals surface area contributed by atoms with Crippen LogP contribution in [0.4, 0.5) is 0 Å². The van der Waals surface area contributed by atoms with E-state index >= 15 is 0 Å². The lowest BCUT2D eigenvalue weighted by Gasteiger charge is -2.34. The first kappa shape index (κ1) is 20.5. The Labute approximate surface area is 178 Å². The summed E-state index contributed by atoms with van der Waals surface area (Å²) in [6.07, 6.45) is 1.45. The summed E-state index contributed by atoms with van der Waals surface area (Å²) in [4.78, 5) is 40.4. The number of carbonyl (C=O) groups is 3. The number of rotatable bonds is 5. The molecule has 9 heteroatoms. The maximum Gasteiger partial charge on any atom is 0.375 e. The highest BCUT2D eigenvalue weighted by Gasteiger charge is 2.27. The molecule has 1 aromatic carbocycles. The van der Waals surface area contributed by atoms with Gasteiger partial charge in [0, 0.05) is 37.1 Å². The Morgan fingerprint density at radius 2 is 1.81 bits per heavy atom. The topological polar surface area (TPSA) is 102 Å². The van der Waals surface area contributed by atoms with Crippen molar-refractivity contribution in [2.75, 3.05) is 39.9 Å². The fourth-order valence-corrected chi connectivity index (χ4v) is 3.52. The van der Waals surface area contributed by atoms with Crippen molar-refractivity contribution >= 4 is 28.8 Å². The lowest BCUT2D eigenvalue weighted by atomic mass is 10.1. The zero-order valence-electron chi connectivity index (χ0n) is 17.3. The van der Waals surface area contributed by atoms with Crippen LogP contribution in [0, 0.1) is 6.92 Å². The van der Waals surface area contributed by atoms with Gasteiger partial charge in [-0.05, 0) is 37.3 Å². The van der Waals surface area contributed by atoms with Crippen molar-refractivity contribution in [1.82, 2.24) is 9.80 Å². The van der Waals surface area contributed by atoms with Crippen molar-refractivity contribution in [2.45, 2.75) is 6.92 Å². The molecular weight excluding hydrogens is 404 g/mol. The minimum Gasteiger partial charge on any atom is -0.497 e. The quantitative estimate of drug-likeness (QED) is 0.578. The number of piperazine rings is 1. The second kappa shape index (κ2) is 8.55. The highest BCUT2D eigenvalue weighted by atomic mass is 16.5. The molecule has 1 aliphatic heterocycles. The summed E-state index contributed by atoms with van der Waals surface area (Å²) >= 11 is 0. The number of benzene rings is 1. The number of hydrogen-bond acceptors (Lipinski definition) is 7. The van der Waals surface area contributed by atoms with E-state index in [1.54, 1.807) is 54.2 Å². The molecule has 0 radical (unpaired) electrons. The van der Waals surface area contributed by atoms with Gasteiger partial charge in [0.1, 0.15) is 11.3 Å². The van der Waals surface area contributed by atoms with Gasteiger partial charge in [-0.15, -0.1) is 0 Å². The Hall–Kier alpha value is -3.75. The molecule has 2 aromatic heterocycles. The van der Waals surface area contributed by atoms with Crippen molar-refractivity contribution in [3.05, 3.63) is 53.7 Å². The summed E-state index contributed by atoms with van der Waals surface area (Å²) in [7, 11) is 1.56. The summed E-state index contributed by atoms with van der Waals surface area (Å²) < 4.78 is 21.1. The number of fused-ring (bicyclic) bond motifs is 1. The third-order valence-electron chi connectivity index (χ3n) is 5.31. The SMILES string of the molecule is COc1ccc2oc(C(=O)OCC(=O)N3CCN(C(=O)c4ccco4)CC3)c(C)c2c1. The van der Waals surface area contributed by atoms with Crippen LogP contribution in [0.5, 0.6) is 5.75 Å². The second-order valence-electron chi connectivity index (χ2n) is 7.14. The van der Waals surface area contributed by atoms with Gasteiger partial charge in [0.15, 0.2) is 12.4 Å². The fourth-order valence-electron chi connectivity index (χ4n) is 3.52. The van der Waals surface area contributed by atoms with E-state index in [2.05, 4.69) is 0 Å². The van der Waals surface area contributed by atoms with Gasteiger partial charge < -0.3 is 28.1 Å². The summed E-state index contributed by atoms with van der Waals surface area (Å²) in [5, 5.41) is 0.745. The number of hydrogen-bond donors (Lipinski definition) is 0. The first-order valence-electron chi connectivity index (χ1n) is 9.82. The Bertz CT molecular complexity index is 1110. The van der Waals surface area contributed by atoms with Crippen molar-refractivity contribution in [2.24, 2.45) is 0 Å². The van der Waals surface area contributed by atoms with Crippen LogP contribution in [-0.2, 0) is 9.53 Å². The predicted molar refractivity (Wildman–Crippen MR) is 109 cm³/mol. The normalized spacial score (nSPS) is 14.0. The van der Waals surface area contributed by atoms with Crippen LogP contribution in [0.25, 0.3) is 11.0 Å². The first-order chi connectivity index (χ1) is 15.0. The largest absolute Gasteiger partial charge is 0.497 e. The summed E-state index contributed by atoms with van der Waals surface area (Å²) in [6.45, 7) is 2.82. The molecule has 3 heterocycles. The van der Waals surface area contributed by atoms with Gasteiger partial charge in [0.05, 0.1) is 13.4 Å². The molecule has 4 rings (SSSR count). The smallest absolute Gasteiger partial charge is 0.375 e. The Morgan fingerprint density at radius 3 is 2.48 bits per heavy atom. The average Bonchev–Trinajstić information content (AvgIpc) is 3.45. The van der Waals surface area contributed by atoms with Crippen LogP contribution in [-0.4, -0.2) is 67.5 Å². The maximum atomic E-state index is 12.5. The molecule has 1 aliphatic rings. The molecule has 3 aromatic rings. The minimum absolute atomic E-state index is 0.0601. The molecule has 1 fully saturated rings. The molecular formula is C22H22N2O7. The molecule has 0 saturated carbocycles. The number of furan rings is 2. The van der Waals surface area contributed by atoms with E-state index in [0.29, 0.717) is 43.1 Å². The van der Waals surface area contributed by atoms with Crippen LogP contribution in [0.2, 0.25) is 0 Å². The van der Waals surface area contributed by atoms with E-state index in [1.165, 1.54) is 6.26 Å². The van der Waals surface area contributed by atoms with Crippen molar-refractivity contribution in [1.29, 1.82) is 0 Å². The number of ether oxygens (including phenoxy) is 2. The lowest BCUT2D eigenvalue weighted by Crippen LogP contribution is -2.51. The van der Waals surface area contributed by atoms with E-state index in [-0.39, 0.29) is 23.3 Å². The third kappa shape index (κ3) is 4.11. The van der Waals surface area contributed by atoms with Gasteiger partial charge in [-0.2, -0.15) is 0 Å². The van der Waals surface area contributed by atoms with Gasteiger partial charge in [-0.1, -0.05) is 0 Å². The minimum atomic E-state index is -0.701.